The first-order chi connectivity index (χ1) is 7.69. The largest absolute Gasteiger partial charge is 0.360 e. The van der Waals surface area contributed by atoms with Gasteiger partial charge in [0.15, 0.2) is 0 Å². The van der Waals surface area contributed by atoms with Crippen molar-refractivity contribution in [3.05, 3.63) is 28.7 Å². The molecule has 0 aliphatic carbocycles. The van der Waals surface area contributed by atoms with Crippen molar-refractivity contribution < 1.29 is 4.79 Å². The summed E-state index contributed by atoms with van der Waals surface area (Å²) in [4.78, 5) is 13.5. The molecule has 1 aliphatic rings. The second kappa shape index (κ2) is 4.84. The summed E-state index contributed by atoms with van der Waals surface area (Å²) in [6.45, 7) is 1.63. The average molecular weight is 284 g/mol. The fourth-order valence-corrected chi connectivity index (χ4v) is 2.21. The van der Waals surface area contributed by atoms with E-state index in [-0.39, 0.29) is 11.9 Å². The lowest BCUT2D eigenvalue weighted by Gasteiger charge is -2.34. The first kappa shape index (κ1) is 11.4. The van der Waals surface area contributed by atoms with Crippen molar-refractivity contribution >= 4 is 27.5 Å². The Labute approximate surface area is 103 Å². The Morgan fingerprint density at radius 1 is 1.56 bits per heavy atom. The maximum absolute atomic E-state index is 11.5. The lowest BCUT2D eigenvalue weighted by atomic mass is 10.2. The molecule has 1 fully saturated rings. The number of hydrogen-bond donors (Lipinski definition) is 2. The van der Waals surface area contributed by atoms with Crippen LogP contribution in [0.25, 0.3) is 0 Å². The van der Waals surface area contributed by atoms with Gasteiger partial charge in [0.05, 0.1) is 12.6 Å². The molecule has 4 nitrogen and oxygen atoms in total. The summed E-state index contributed by atoms with van der Waals surface area (Å²) in [5, 5.41) is 2.86. The van der Waals surface area contributed by atoms with Gasteiger partial charge in [0.25, 0.3) is 0 Å². The molecule has 3 N–H and O–H groups in total. The van der Waals surface area contributed by atoms with Crippen LogP contribution in [0.2, 0.25) is 0 Å². The first-order valence-electron chi connectivity index (χ1n) is 5.19. The molecule has 1 aromatic rings. The van der Waals surface area contributed by atoms with E-state index in [4.69, 9.17) is 5.73 Å². The number of halogens is 1. The molecule has 1 atom stereocenters. The van der Waals surface area contributed by atoms with Gasteiger partial charge >= 0.3 is 0 Å². The summed E-state index contributed by atoms with van der Waals surface area (Å²) < 4.78 is 1.01. The van der Waals surface area contributed by atoms with Gasteiger partial charge in [-0.2, -0.15) is 0 Å². The Morgan fingerprint density at radius 3 is 3.06 bits per heavy atom. The molecule has 1 saturated heterocycles. The van der Waals surface area contributed by atoms with Crippen molar-refractivity contribution in [1.82, 2.24) is 5.32 Å². The van der Waals surface area contributed by atoms with Crippen LogP contribution in [0.1, 0.15) is 0 Å². The molecule has 16 heavy (non-hydrogen) atoms. The molecule has 1 aliphatic heterocycles. The van der Waals surface area contributed by atoms with E-state index < -0.39 is 0 Å². The minimum absolute atomic E-state index is 0.0293. The molecule has 2 rings (SSSR count). The third kappa shape index (κ3) is 2.54. The number of rotatable bonds is 2. The Bertz CT molecular complexity index is 397. The average Bonchev–Trinajstić information content (AvgIpc) is 2.28. The van der Waals surface area contributed by atoms with E-state index in [9.17, 15) is 4.79 Å². The number of carbonyl (C=O) groups is 1. The van der Waals surface area contributed by atoms with Crippen LogP contribution in [-0.4, -0.2) is 31.6 Å². The second-order valence-corrected chi connectivity index (χ2v) is 4.78. The van der Waals surface area contributed by atoms with E-state index in [0.29, 0.717) is 13.1 Å². The number of benzene rings is 1. The molecule has 0 radical (unpaired) electrons. The third-order valence-corrected chi connectivity index (χ3v) is 3.09. The summed E-state index contributed by atoms with van der Waals surface area (Å²) in [5.74, 6) is 0.0293. The number of anilines is 1. The van der Waals surface area contributed by atoms with Gasteiger partial charge in [0, 0.05) is 23.2 Å². The van der Waals surface area contributed by atoms with Crippen molar-refractivity contribution in [3.8, 4) is 0 Å². The molecule has 86 valence electrons. The molecule has 5 heteroatoms. The van der Waals surface area contributed by atoms with E-state index in [0.717, 1.165) is 16.7 Å². The molecular weight excluding hydrogens is 270 g/mol. The van der Waals surface area contributed by atoms with E-state index in [2.05, 4.69) is 21.2 Å². The van der Waals surface area contributed by atoms with E-state index >= 15 is 0 Å². The number of nitrogens with one attached hydrogen (secondary N) is 1. The number of hydrogen-bond acceptors (Lipinski definition) is 3. The Hall–Kier alpha value is -1.07. The zero-order valence-electron chi connectivity index (χ0n) is 8.82. The Morgan fingerprint density at radius 2 is 2.38 bits per heavy atom. The summed E-state index contributed by atoms with van der Waals surface area (Å²) in [5.41, 5.74) is 6.63. The third-order valence-electron chi connectivity index (χ3n) is 2.60. The molecule has 0 aromatic heterocycles. The quantitative estimate of drug-likeness (QED) is 0.841. The fraction of sp³-hybridized carbons (Fsp3) is 0.364. The van der Waals surface area contributed by atoms with Gasteiger partial charge in [-0.15, -0.1) is 0 Å². The summed E-state index contributed by atoms with van der Waals surface area (Å²) in [6, 6.07) is 7.97. The highest BCUT2D eigenvalue weighted by Gasteiger charge is 2.23. The van der Waals surface area contributed by atoms with Crippen LogP contribution in [0, 0.1) is 0 Å². The molecule has 0 spiro atoms. The van der Waals surface area contributed by atoms with Crippen LogP contribution in [0.3, 0.4) is 0 Å². The van der Waals surface area contributed by atoms with Gasteiger partial charge in [-0.3, -0.25) is 4.79 Å². The number of piperazine rings is 1. The zero-order chi connectivity index (χ0) is 11.5. The Balaban J connectivity index is 2.17. The minimum atomic E-state index is 0.0293. The van der Waals surface area contributed by atoms with Crippen LogP contribution < -0.4 is 16.0 Å². The molecule has 0 saturated carbocycles. The Kier molecular flexibility index (Phi) is 3.46. The smallest absolute Gasteiger partial charge is 0.239 e. The zero-order valence-corrected chi connectivity index (χ0v) is 10.4. The number of nitrogens with zero attached hydrogens (tertiary/aromatic N) is 1. The molecular formula is C11H14BrN3O. The van der Waals surface area contributed by atoms with Crippen molar-refractivity contribution in [1.29, 1.82) is 0 Å². The van der Waals surface area contributed by atoms with Gasteiger partial charge in [0.1, 0.15) is 0 Å². The fourth-order valence-electron chi connectivity index (χ4n) is 1.83. The number of nitrogens with two attached hydrogens (primary N) is 1. The van der Waals surface area contributed by atoms with E-state index in [1.54, 1.807) is 0 Å². The molecule has 1 aromatic carbocycles. The van der Waals surface area contributed by atoms with Crippen molar-refractivity contribution in [2.75, 3.05) is 24.5 Å². The lowest BCUT2D eigenvalue weighted by Crippen LogP contribution is -2.56. The monoisotopic (exact) mass is 283 g/mol. The number of amides is 1. The summed E-state index contributed by atoms with van der Waals surface area (Å²) >= 11 is 3.42. The molecule has 0 bridgehead atoms. The predicted molar refractivity (Wildman–Crippen MR) is 67.3 cm³/mol. The van der Waals surface area contributed by atoms with Crippen LogP contribution in [0.5, 0.6) is 0 Å². The highest BCUT2D eigenvalue weighted by Crippen LogP contribution is 2.20. The maximum atomic E-state index is 11.5. The van der Waals surface area contributed by atoms with Gasteiger partial charge in [-0.05, 0) is 18.2 Å². The minimum Gasteiger partial charge on any atom is -0.360 e. The van der Waals surface area contributed by atoms with E-state index in [1.807, 2.05) is 29.2 Å². The highest BCUT2D eigenvalue weighted by molar-refractivity contribution is 9.10. The van der Waals surface area contributed by atoms with Crippen LogP contribution >= 0.6 is 15.9 Å². The maximum Gasteiger partial charge on any atom is 0.239 e. The lowest BCUT2D eigenvalue weighted by molar-refractivity contribution is -0.121. The van der Waals surface area contributed by atoms with Crippen molar-refractivity contribution in [2.24, 2.45) is 5.73 Å². The molecule has 1 unspecified atom stereocenters. The predicted octanol–water partition coefficient (Wildman–Crippen LogP) is 0.713. The van der Waals surface area contributed by atoms with Crippen LogP contribution in [-0.2, 0) is 4.79 Å². The standard InChI is InChI=1S/C11H14BrN3O/c12-8-2-1-3-10(4-8)15-6-9(5-13)14-11(16)7-15/h1-4,9H,5-7,13H2,(H,14,16). The van der Waals surface area contributed by atoms with Crippen molar-refractivity contribution in [3.63, 3.8) is 0 Å². The normalized spacial score (nSPS) is 20.8. The molecule has 1 heterocycles. The number of carbonyl (C=O) groups excluding carboxylic acids is 1. The second-order valence-electron chi connectivity index (χ2n) is 3.86. The van der Waals surface area contributed by atoms with Gasteiger partial charge in [-0.25, -0.2) is 0 Å². The van der Waals surface area contributed by atoms with Gasteiger partial charge in [-0.1, -0.05) is 22.0 Å². The molecule has 1 amide bonds. The highest BCUT2D eigenvalue weighted by atomic mass is 79.9. The van der Waals surface area contributed by atoms with Crippen LogP contribution in [0.4, 0.5) is 5.69 Å². The van der Waals surface area contributed by atoms with Crippen molar-refractivity contribution in [2.45, 2.75) is 6.04 Å². The summed E-state index contributed by atoms with van der Waals surface area (Å²) in [7, 11) is 0. The van der Waals surface area contributed by atoms with Gasteiger partial charge < -0.3 is 16.0 Å². The first-order valence-corrected chi connectivity index (χ1v) is 5.98. The SMILES string of the molecule is NCC1CN(c2cccc(Br)c2)CC(=O)N1. The van der Waals surface area contributed by atoms with Gasteiger partial charge in [0.2, 0.25) is 5.91 Å². The van der Waals surface area contributed by atoms with E-state index in [1.165, 1.54) is 0 Å². The summed E-state index contributed by atoms with van der Waals surface area (Å²) in [6.07, 6.45) is 0. The topological polar surface area (TPSA) is 58.4 Å². The van der Waals surface area contributed by atoms with Crippen LogP contribution in [0.15, 0.2) is 28.7 Å².